The van der Waals surface area contributed by atoms with E-state index in [0.717, 1.165) is 25.7 Å². The van der Waals surface area contributed by atoms with Crippen molar-refractivity contribution >= 4 is 40.9 Å². The van der Waals surface area contributed by atoms with Gasteiger partial charge >= 0.3 is 5.97 Å². The number of imide groups is 1. The SMILES string of the molecule is O=C(OCC(=O)c1ccccc1Cl)c1ccc(N2C(=O)CC(NC3CCCCCC3)C2=O)cc1. The van der Waals surface area contributed by atoms with E-state index in [1.165, 1.54) is 42.0 Å². The highest BCUT2D eigenvalue weighted by Crippen LogP contribution is 2.25. The molecule has 8 heteroatoms. The molecule has 1 N–H and O–H groups in total. The summed E-state index contributed by atoms with van der Waals surface area (Å²) in [6.45, 7) is -0.443. The van der Waals surface area contributed by atoms with Crippen molar-refractivity contribution in [3.05, 3.63) is 64.7 Å². The van der Waals surface area contributed by atoms with E-state index in [0.29, 0.717) is 10.7 Å². The van der Waals surface area contributed by atoms with Gasteiger partial charge in [-0.15, -0.1) is 0 Å². The van der Waals surface area contributed by atoms with Crippen molar-refractivity contribution < 1.29 is 23.9 Å². The minimum absolute atomic E-state index is 0.128. The van der Waals surface area contributed by atoms with E-state index in [2.05, 4.69) is 5.32 Å². The number of benzene rings is 2. The first kappa shape index (κ1) is 24.1. The Morgan fingerprint density at radius 1 is 0.971 bits per heavy atom. The number of ketones is 1. The first-order valence-corrected chi connectivity index (χ1v) is 12.0. The lowest BCUT2D eigenvalue weighted by atomic mass is 10.1. The van der Waals surface area contributed by atoms with Gasteiger partial charge in [-0.2, -0.15) is 0 Å². The topological polar surface area (TPSA) is 92.8 Å². The van der Waals surface area contributed by atoms with E-state index in [9.17, 15) is 19.2 Å². The van der Waals surface area contributed by atoms with Gasteiger partial charge in [-0.1, -0.05) is 49.4 Å². The molecule has 2 aromatic rings. The van der Waals surface area contributed by atoms with Crippen molar-refractivity contribution in [1.29, 1.82) is 0 Å². The molecule has 1 aliphatic heterocycles. The summed E-state index contributed by atoms with van der Waals surface area (Å²) in [5.41, 5.74) is 0.900. The molecule has 2 fully saturated rings. The quantitative estimate of drug-likeness (QED) is 0.273. The highest BCUT2D eigenvalue weighted by atomic mass is 35.5. The second-order valence-corrected chi connectivity index (χ2v) is 9.11. The predicted molar refractivity (Wildman–Crippen MR) is 128 cm³/mol. The zero-order valence-electron chi connectivity index (χ0n) is 18.8. The third-order valence-corrected chi connectivity index (χ3v) is 6.64. The molecule has 0 radical (unpaired) electrons. The highest BCUT2D eigenvalue weighted by molar-refractivity contribution is 6.34. The molecule has 34 heavy (non-hydrogen) atoms. The van der Waals surface area contributed by atoms with Crippen LogP contribution < -0.4 is 10.2 Å². The van der Waals surface area contributed by atoms with Crippen LogP contribution in [0.2, 0.25) is 5.02 Å². The number of carbonyl (C=O) groups is 4. The lowest BCUT2D eigenvalue weighted by Crippen LogP contribution is -2.43. The fourth-order valence-corrected chi connectivity index (χ4v) is 4.73. The van der Waals surface area contributed by atoms with Crippen molar-refractivity contribution in [3.8, 4) is 0 Å². The highest BCUT2D eigenvalue weighted by Gasteiger charge is 2.40. The van der Waals surface area contributed by atoms with Crippen molar-refractivity contribution in [1.82, 2.24) is 5.32 Å². The van der Waals surface area contributed by atoms with Crippen LogP contribution in [0.3, 0.4) is 0 Å². The summed E-state index contributed by atoms with van der Waals surface area (Å²) >= 11 is 6.00. The summed E-state index contributed by atoms with van der Waals surface area (Å²) in [6.07, 6.45) is 6.87. The number of nitrogens with zero attached hydrogens (tertiary/aromatic N) is 1. The second kappa shape index (κ2) is 10.9. The van der Waals surface area contributed by atoms with Crippen molar-refractivity contribution in [2.24, 2.45) is 0 Å². The molecule has 1 aliphatic carbocycles. The smallest absolute Gasteiger partial charge is 0.338 e. The molecule has 0 spiro atoms. The summed E-state index contributed by atoms with van der Waals surface area (Å²) in [7, 11) is 0. The average molecular weight is 483 g/mol. The predicted octanol–water partition coefficient (Wildman–Crippen LogP) is 4.32. The van der Waals surface area contributed by atoms with Gasteiger partial charge in [-0.05, 0) is 49.2 Å². The van der Waals surface area contributed by atoms with E-state index >= 15 is 0 Å². The van der Waals surface area contributed by atoms with Crippen molar-refractivity contribution in [3.63, 3.8) is 0 Å². The Morgan fingerprint density at radius 3 is 2.32 bits per heavy atom. The van der Waals surface area contributed by atoms with Crippen LogP contribution in [0.25, 0.3) is 0 Å². The number of nitrogens with one attached hydrogen (secondary N) is 1. The summed E-state index contributed by atoms with van der Waals surface area (Å²) in [5, 5.41) is 3.68. The van der Waals surface area contributed by atoms with Gasteiger partial charge in [-0.25, -0.2) is 9.69 Å². The number of halogens is 1. The molecule has 4 rings (SSSR count). The maximum absolute atomic E-state index is 12.9. The largest absolute Gasteiger partial charge is 0.454 e. The summed E-state index contributed by atoms with van der Waals surface area (Å²) in [4.78, 5) is 51.3. The van der Waals surface area contributed by atoms with Gasteiger partial charge in [0.05, 0.1) is 28.7 Å². The Labute approximate surface area is 203 Å². The molecule has 178 valence electrons. The molecular weight excluding hydrogens is 456 g/mol. The standard InChI is InChI=1S/C26H27ClN2O5/c27-21-10-6-5-9-20(21)23(30)16-34-26(33)17-11-13-19(14-12-17)29-24(31)15-22(25(29)32)28-18-7-3-1-2-4-8-18/h5-6,9-14,18,22,28H,1-4,7-8,15-16H2. The van der Waals surface area contributed by atoms with Crippen LogP contribution in [-0.4, -0.2) is 42.3 Å². The van der Waals surface area contributed by atoms with Crippen LogP contribution >= 0.6 is 11.6 Å². The first-order chi connectivity index (χ1) is 16.4. The molecular formula is C26H27ClN2O5. The van der Waals surface area contributed by atoms with Crippen molar-refractivity contribution in [2.45, 2.75) is 57.0 Å². The number of hydrogen-bond donors (Lipinski definition) is 1. The average Bonchev–Trinajstić information content (AvgIpc) is 2.99. The van der Waals surface area contributed by atoms with Gasteiger partial charge in [0.2, 0.25) is 11.7 Å². The Bertz CT molecular complexity index is 1080. The minimum atomic E-state index is -0.682. The molecule has 0 aromatic heterocycles. The zero-order valence-corrected chi connectivity index (χ0v) is 19.6. The third kappa shape index (κ3) is 5.54. The summed E-state index contributed by atoms with van der Waals surface area (Å²) in [6, 6.07) is 12.3. The molecule has 1 saturated carbocycles. The Hall–Kier alpha value is -3.03. The van der Waals surface area contributed by atoms with Gasteiger partial charge in [0.1, 0.15) is 0 Å². The van der Waals surface area contributed by atoms with Crippen molar-refractivity contribution in [2.75, 3.05) is 11.5 Å². The molecule has 0 bridgehead atoms. The fraction of sp³-hybridized carbons (Fsp3) is 0.385. The number of Topliss-reactive ketones (excluding diaryl/α,β-unsaturated/α-hetero) is 1. The van der Waals surface area contributed by atoms with Crippen LogP contribution in [0.4, 0.5) is 5.69 Å². The zero-order chi connectivity index (χ0) is 24.1. The van der Waals surface area contributed by atoms with Gasteiger partial charge in [0.15, 0.2) is 6.61 Å². The van der Waals surface area contributed by atoms with Crippen LogP contribution in [-0.2, 0) is 14.3 Å². The maximum atomic E-state index is 12.9. The number of amides is 2. The minimum Gasteiger partial charge on any atom is -0.454 e. The number of esters is 1. The summed E-state index contributed by atoms with van der Waals surface area (Å²) in [5.74, 6) is -1.62. The Balaban J connectivity index is 1.35. The van der Waals surface area contributed by atoms with Gasteiger partial charge in [-0.3, -0.25) is 14.4 Å². The molecule has 7 nitrogen and oxygen atoms in total. The normalized spacial score (nSPS) is 19.2. The van der Waals surface area contributed by atoms with E-state index < -0.39 is 24.4 Å². The number of carbonyl (C=O) groups excluding carboxylic acids is 4. The van der Waals surface area contributed by atoms with Crippen LogP contribution in [0.1, 0.15) is 65.7 Å². The lowest BCUT2D eigenvalue weighted by molar-refractivity contribution is -0.121. The first-order valence-electron chi connectivity index (χ1n) is 11.6. The van der Waals surface area contributed by atoms with E-state index in [-0.39, 0.29) is 35.4 Å². The Kier molecular flexibility index (Phi) is 7.75. The van der Waals surface area contributed by atoms with E-state index in [4.69, 9.17) is 16.3 Å². The molecule has 2 aliphatic rings. The lowest BCUT2D eigenvalue weighted by Gasteiger charge is -2.21. The number of ether oxygens (including phenoxy) is 1. The molecule has 2 aromatic carbocycles. The monoisotopic (exact) mass is 482 g/mol. The number of rotatable bonds is 7. The Morgan fingerprint density at radius 2 is 1.65 bits per heavy atom. The van der Waals surface area contributed by atoms with Crippen LogP contribution in [0.5, 0.6) is 0 Å². The number of hydrogen-bond acceptors (Lipinski definition) is 6. The molecule has 2 amide bonds. The summed E-state index contributed by atoms with van der Waals surface area (Å²) < 4.78 is 5.11. The molecule has 1 unspecified atom stereocenters. The molecule has 1 atom stereocenters. The van der Waals surface area contributed by atoms with E-state index in [1.807, 2.05) is 0 Å². The molecule has 1 heterocycles. The van der Waals surface area contributed by atoms with Crippen LogP contribution in [0, 0.1) is 0 Å². The van der Waals surface area contributed by atoms with Gasteiger partial charge in [0.25, 0.3) is 5.91 Å². The second-order valence-electron chi connectivity index (χ2n) is 8.71. The van der Waals surface area contributed by atoms with Gasteiger partial charge in [0, 0.05) is 11.6 Å². The molecule has 1 saturated heterocycles. The third-order valence-electron chi connectivity index (χ3n) is 6.31. The fourth-order valence-electron chi connectivity index (χ4n) is 4.49. The number of anilines is 1. The van der Waals surface area contributed by atoms with Gasteiger partial charge < -0.3 is 10.1 Å². The maximum Gasteiger partial charge on any atom is 0.338 e. The van der Waals surface area contributed by atoms with Crippen LogP contribution in [0.15, 0.2) is 48.5 Å². The van der Waals surface area contributed by atoms with E-state index in [1.54, 1.807) is 24.3 Å².